The van der Waals surface area contributed by atoms with E-state index in [-0.39, 0.29) is 12.7 Å². The van der Waals surface area contributed by atoms with Crippen molar-refractivity contribution in [3.05, 3.63) is 29.8 Å². The van der Waals surface area contributed by atoms with E-state index in [1.807, 2.05) is 24.3 Å². The zero-order chi connectivity index (χ0) is 9.80. The first-order valence-electron chi connectivity index (χ1n) is 4.82. The van der Waals surface area contributed by atoms with E-state index in [9.17, 15) is 0 Å². The summed E-state index contributed by atoms with van der Waals surface area (Å²) < 4.78 is 10.9. The molecule has 3 nitrogen and oxygen atoms in total. The van der Waals surface area contributed by atoms with E-state index in [4.69, 9.17) is 14.6 Å². The maximum Gasteiger partial charge on any atom is 0.124 e. The first-order valence-corrected chi connectivity index (χ1v) is 4.82. The number of aliphatic hydroxyl groups excluding tert-OH is 1. The standard InChI is InChI=1S/C11H14O3/c12-7-9-1-3-10(4-2-9)14-11-5-6-13-8-11/h1-4,11-12H,5-8H2. The highest BCUT2D eigenvalue weighted by atomic mass is 16.5. The van der Waals surface area contributed by atoms with Crippen LogP contribution in [0.15, 0.2) is 24.3 Å². The Morgan fingerprint density at radius 3 is 2.71 bits per heavy atom. The van der Waals surface area contributed by atoms with E-state index in [0.29, 0.717) is 6.61 Å². The Bertz CT molecular complexity index is 275. The van der Waals surface area contributed by atoms with Crippen molar-refractivity contribution >= 4 is 0 Å². The molecule has 14 heavy (non-hydrogen) atoms. The first kappa shape index (κ1) is 9.49. The molecule has 2 rings (SSSR count). The Kier molecular flexibility index (Phi) is 3.01. The van der Waals surface area contributed by atoms with Gasteiger partial charge in [-0.2, -0.15) is 0 Å². The molecule has 76 valence electrons. The van der Waals surface area contributed by atoms with Gasteiger partial charge in [-0.15, -0.1) is 0 Å². The van der Waals surface area contributed by atoms with Crippen LogP contribution < -0.4 is 4.74 Å². The van der Waals surface area contributed by atoms with Crippen LogP contribution in [0.4, 0.5) is 0 Å². The quantitative estimate of drug-likeness (QED) is 0.789. The minimum Gasteiger partial charge on any atom is -0.488 e. The summed E-state index contributed by atoms with van der Waals surface area (Å²) in [6, 6.07) is 7.49. The fraction of sp³-hybridized carbons (Fsp3) is 0.455. The summed E-state index contributed by atoms with van der Waals surface area (Å²) in [6.07, 6.45) is 1.15. The molecule has 1 fully saturated rings. The third kappa shape index (κ3) is 2.25. The topological polar surface area (TPSA) is 38.7 Å². The van der Waals surface area contributed by atoms with Gasteiger partial charge in [-0.25, -0.2) is 0 Å². The lowest BCUT2D eigenvalue weighted by molar-refractivity contribution is 0.141. The lowest BCUT2D eigenvalue weighted by atomic mass is 10.2. The predicted octanol–water partition coefficient (Wildman–Crippen LogP) is 1.35. The van der Waals surface area contributed by atoms with E-state index < -0.39 is 0 Å². The molecule has 1 aromatic carbocycles. The monoisotopic (exact) mass is 194 g/mol. The highest BCUT2D eigenvalue weighted by Gasteiger charge is 2.16. The number of hydrogen-bond acceptors (Lipinski definition) is 3. The molecular formula is C11H14O3. The number of ether oxygens (including phenoxy) is 2. The van der Waals surface area contributed by atoms with Crippen molar-refractivity contribution in [3.63, 3.8) is 0 Å². The van der Waals surface area contributed by atoms with Crippen LogP contribution in [-0.4, -0.2) is 24.4 Å². The van der Waals surface area contributed by atoms with Gasteiger partial charge >= 0.3 is 0 Å². The minimum atomic E-state index is 0.0762. The van der Waals surface area contributed by atoms with Crippen molar-refractivity contribution in [1.29, 1.82) is 0 Å². The van der Waals surface area contributed by atoms with Crippen molar-refractivity contribution in [1.82, 2.24) is 0 Å². The van der Waals surface area contributed by atoms with Crippen LogP contribution in [-0.2, 0) is 11.3 Å². The molecule has 0 bridgehead atoms. The average molecular weight is 194 g/mol. The van der Waals surface area contributed by atoms with Gasteiger partial charge in [0.1, 0.15) is 11.9 Å². The van der Waals surface area contributed by atoms with Crippen molar-refractivity contribution in [2.24, 2.45) is 0 Å². The summed E-state index contributed by atoms with van der Waals surface area (Å²) in [6.45, 7) is 1.55. The van der Waals surface area contributed by atoms with Crippen LogP contribution in [0, 0.1) is 0 Å². The summed E-state index contributed by atoms with van der Waals surface area (Å²) in [4.78, 5) is 0. The van der Waals surface area contributed by atoms with Crippen LogP contribution in [0.5, 0.6) is 5.75 Å². The number of aliphatic hydroxyl groups is 1. The van der Waals surface area contributed by atoms with E-state index >= 15 is 0 Å². The fourth-order valence-corrected chi connectivity index (χ4v) is 1.47. The van der Waals surface area contributed by atoms with Gasteiger partial charge < -0.3 is 14.6 Å². The van der Waals surface area contributed by atoms with Crippen LogP contribution in [0.25, 0.3) is 0 Å². The van der Waals surface area contributed by atoms with Crippen molar-refractivity contribution in [2.45, 2.75) is 19.1 Å². The SMILES string of the molecule is OCc1ccc(OC2CCOC2)cc1. The second kappa shape index (κ2) is 4.44. The van der Waals surface area contributed by atoms with Gasteiger partial charge in [0.2, 0.25) is 0 Å². The summed E-state index contributed by atoms with van der Waals surface area (Å²) in [5, 5.41) is 8.85. The molecule has 0 aromatic heterocycles. The molecule has 0 aliphatic carbocycles. The van der Waals surface area contributed by atoms with Crippen LogP contribution >= 0.6 is 0 Å². The second-order valence-corrected chi connectivity index (χ2v) is 3.41. The molecule has 1 aliphatic rings. The van der Waals surface area contributed by atoms with Crippen molar-refractivity contribution in [2.75, 3.05) is 13.2 Å². The first-order chi connectivity index (χ1) is 6.88. The van der Waals surface area contributed by atoms with E-state index in [0.717, 1.165) is 24.3 Å². The van der Waals surface area contributed by atoms with E-state index in [2.05, 4.69) is 0 Å². The Morgan fingerprint density at radius 2 is 2.14 bits per heavy atom. The molecule has 1 unspecified atom stereocenters. The Hall–Kier alpha value is -1.06. The summed E-state index contributed by atoms with van der Waals surface area (Å²) in [5.41, 5.74) is 0.903. The van der Waals surface area contributed by atoms with Gasteiger partial charge in [-0.1, -0.05) is 12.1 Å². The average Bonchev–Trinajstić information content (AvgIpc) is 2.72. The number of benzene rings is 1. The third-order valence-corrected chi connectivity index (χ3v) is 2.30. The van der Waals surface area contributed by atoms with Crippen LogP contribution in [0.3, 0.4) is 0 Å². The molecule has 0 radical (unpaired) electrons. The lowest BCUT2D eigenvalue weighted by Gasteiger charge is -2.11. The second-order valence-electron chi connectivity index (χ2n) is 3.41. The molecule has 3 heteroatoms. The largest absolute Gasteiger partial charge is 0.488 e. The van der Waals surface area contributed by atoms with Gasteiger partial charge in [-0.05, 0) is 17.7 Å². The highest BCUT2D eigenvalue weighted by Crippen LogP contribution is 2.17. The summed E-state index contributed by atoms with van der Waals surface area (Å²) in [5.74, 6) is 0.845. The molecule has 1 N–H and O–H groups in total. The molecule has 1 heterocycles. The van der Waals surface area contributed by atoms with E-state index in [1.54, 1.807) is 0 Å². The number of hydrogen-bond donors (Lipinski definition) is 1. The van der Waals surface area contributed by atoms with Crippen LogP contribution in [0.1, 0.15) is 12.0 Å². The minimum absolute atomic E-state index is 0.0762. The zero-order valence-corrected chi connectivity index (χ0v) is 7.98. The predicted molar refractivity (Wildman–Crippen MR) is 52.2 cm³/mol. The third-order valence-electron chi connectivity index (χ3n) is 2.30. The highest BCUT2D eigenvalue weighted by molar-refractivity contribution is 5.27. The van der Waals surface area contributed by atoms with Gasteiger partial charge in [0.15, 0.2) is 0 Å². The maximum absolute atomic E-state index is 8.85. The van der Waals surface area contributed by atoms with Crippen molar-refractivity contribution in [3.8, 4) is 5.75 Å². The normalized spacial score (nSPS) is 21.1. The molecule has 1 saturated heterocycles. The zero-order valence-electron chi connectivity index (χ0n) is 7.98. The maximum atomic E-state index is 8.85. The summed E-state index contributed by atoms with van der Waals surface area (Å²) in [7, 11) is 0. The molecule has 0 saturated carbocycles. The molecule has 1 atom stereocenters. The molecule has 0 amide bonds. The van der Waals surface area contributed by atoms with E-state index in [1.165, 1.54) is 0 Å². The van der Waals surface area contributed by atoms with Gasteiger partial charge in [0.25, 0.3) is 0 Å². The molecule has 0 spiro atoms. The van der Waals surface area contributed by atoms with Gasteiger partial charge in [0, 0.05) is 6.42 Å². The Labute approximate surface area is 83.3 Å². The fourth-order valence-electron chi connectivity index (χ4n) is 1.47. The van der Waals surface area contributed by atoms with Gasteiger partial charge in [0.05, 0.1) is 19.8 Å². The summed E-state index contributed by atoms with van der Waals surface area (Å²) >= 11 is 0. The Morgan fingerprint density at radius 1 is 1.36 bits per heavy atom. The Balaban J connectivity index is 1.95. The van der Waals surface area contributed by atoms with Crippen molar-refractivity contribution < 1.29 is 14.6 Å². The number of rotatable bonds is 3. The molecular weight excluding hydrogens is 180 g/mol. The van der Waals surface area contributed by atoms with Gasteiger partial charge in [-0.3, -0.25) is 0 Å². The molecule has 1 aliphatic heterocycles. The lowest BCUT2D eigenvalue weighted by Crippen LogP contribution is -2.15. The molecule has 1 aromatic rings. The smallest absolute Gasteiger partial charge is 0.124 e. The van der Waals surface area contributed by atoms with Crippen LogP contribution in [0.2, 0.25) is 0 Å².